The van der Waals surface area contributed by atoms with E-state index < -0.39 is 0 Å². The fourth-order valence-electron chi connectivity index (χ4n) is 5.59. The van der Waals surface area contributed by atoms with Crippen molar-refractivity contribution in [2.75, 3.05) is 0 Å². The zero-order valence-electron chi connectivity index (χ0n) is 15.6. The SMILES string of the molecule is CC1(C)n2c3ccccc3c3ccc4c(Br)cc5c6ccccc6n1c5c4c32. The van der Waals surface area contributed by atoms with Crippen molar-refractivity contribution in [3.8, 4) is 0 Å². The Labute approximate surface area is 170 Å². The second-order valence-corrected chi connectivity index (χ2v) is 9.19. The number of halogens is 1. The van der Waals surface area contributed by atoms with Crippen LogP contribution in [0.4, 0.5) is 0 Å². The predicted octanol–water partition coefficient (Wildman–Crippen LogP) is 7.37. The highest BCUT2D eigenvalue weighted by Crippen LogP contribution is 2.49. The minimum Gasteiger partial charge on any atom is -0.316 e. The molecule has 1 aliphatic rings. The molecular weight excluding hydrogens is 408 g/mol. The third-order valence-electron chi connectivity index (χ3n) is 6.61. The molecule has 6 aromatic rings. The van der Waals surface area contributed by atoms with E-state index in [0.29, 0.717) is 0 Å². The fraction of sp³-hybridized carbons (Fsp3) is 0.120. The molecule has 28 heavy (non-hydrogen) atoms. The second kappa shape index (κ2) is 4.61. The van der Waals surface area contributed by atoms with Crippen LogP contribution >= 0.6 is 15.9 Å². The average molecular weight is 425 g/mol. The van der Waals surface area contributed by atoms with Gasteiger partial charge < -0.3 is 9.13 Å². The van der Waals surface area contributed by atoms with Crippen molar-refractivity contribution in [3.63, 3.8) is 0 Å². The topological polar surface area (TPSA) is 9.86 Å². The van der Waals surface area contributed by atoms with Crippen LogP contribution in [0.3, 0.4) is 0 Å². The van der Waals surface area contributed by atoms with Gasteiger partial charge in [0.15, 0.2) is 0 Å². The molecule has 2 aromatic heterocycles. The van der Waals surface area contributed by atoms with E-state index in [0.717, 1.165) is 4.47 Å². The molecule has 0 fully saturated rings. The maximum Gasteiger partial charge on any atom is 0.116 e. The van der Waals surface area contributed by atoms with Crippen LogP contribution in [-0.2, 0) is 5.66 Å². The van der Waals surface area contributed by atoms with Gasteiger partial charge in [0.1, 0.15) is 5.66 Å². The van der Waals surface area contributed by atoms with Gasteiger partial charge in [-0.15, -0.1) is 0 Å². The first kappa shape index (κ1) is 15.2. The Bertz CT molecular complexity index is 1630. The van der Waals surface area contributed by atoms with Crippen LogP contribution in [0, 0.1) is 0 Å². The molecule has 0 radical (unpaired) electrons. The Hall–Kier alpha value is -2.78. The molecule has 7 rings (SSSR count). The number of aromatic nitrogens is 2. The fourth-order valence-corrected chi connectivity index (χ4v) is 6.15. The van der Waals surface area contributed by atoms with E-state index in [2.05, 4.69) is 106 Å². The highest BCUT2D eigenvalue weighted by Gasteiger charge is 2.35. The van der Waals surface area contributed by atoms with Crippen LogP contribution in [-0.4, -0.2) is 9.13 Å². The van der Waals surface area contributed by atoms with Crippen molar-refractivity contribution in [1.82, 2.24) is 9.13 Å². The van der Waals surface area contributed by atoms with Gasteiger partial charge in [-0.05, 0) is 32.0 Å². The van der Waals surface area contributed by atoms with E-state index >= 15 is 0 Å². The molecule has 0 aliphatic carbocycles. The van der Waals surface area contributed by atoms with Crippen LogP contribution in [0.5, 0.6) is 0 Å². The lowest BCUT2D eigenvalue weighted by Crippen LogP contribution is -2.36. The summed E-state index contributed by atoms with van der Waals surface area (Å²) in [5.74, 6) is 0. The molecular formula is C25H17BrN2. The number of hydrogen-bond acceptors (Lipinski definition) is 0. The summed E-state index contributed by atoms with van der Waals surface area (Å²) >= 11 is 3.87. The average Bonchev–Trinajstić information content (AvgIpc) is 3.22. The quantitative estimate of drug-likeness (QED) is 0.240. The summed E-state index contributed by atoms with van der Waals surface area (Å²) in [4.78, 5) is 0. The number of fused-ring (bicyclic) bond motifs is 6. The molecule has 0 unspecified atom stereocenters. The third-order valence-corrected chi connectivity index (χ3v) is 7.27. The van der Waals surface area contributed by atoms with Gasteiger partial charge in [0.25, 0.3) is 0 Å². The predicted molar refractivity (Wildman–Crippen MR) is 122 cm³/mol. The molecule has 0 atom stereocenters. The third kappa shape index (κ3) is 1.47. The minimum atomic E-state index is -0.210. The summed E-state index contributed by atoms with van der Waals surface area (Å²) in [5.41, 5.74) is 5.09. The Kier molecular flexibility index (Phi) is 2.50. The molecule has 1 aliphatic heterocycles. The van der Waals surface area contributed by atoms with Gasteiger partial charge in [0.2, 0.25) is 0 Å². The summed E-state index contributed by atoms with van der Waals surface area (Å²) in [6.45, 7) is 4.68. The maximum atomic E-state index is 3.87. The van der Waals surface area contributed by atoms with E-state index in [1.165, 1.54) is 54.4 Å². The van der Waals surface area contributed by atoms with Crippen molar-refractivity contribution in [2.24, 2.45) is 0 Å². The van der Waals surface area contributed by atoms with E-state index in [4.69, 9.17) is 0 Å². The Balaban J connectivity index is 1.96. The highest BCUT2D eigenvalue weighted by molar-refractivity contribution is 9.10. The lowest BCUT2D eigenvalue weighted by atomic mass is 10.0. The monoisotopic (exact) mass is 424 g/mol. The molecule has 0 bridgehead atoms. The van der Waals surface area contributed by atoms with E-state index in [-0.39, 0.29) is 5.66 Å². The van der Waals surface area contributed by atoms with Crippen LogP contribution in [0.2, 0.25) is 0 Å². The second-order valence-electron chi connectivity index (χ2n) is 8.34. The maximum absolute atomic E-state index is 3.87. The molecule has 3 heteroatoms. The van der Waals surface area contributed by atoms with Gasteiger partial charge in [-0.2, -0.15) is 0 Å². The van der Waals surface area contributed by atoms with Crippen LogP contribution in [0.15, 0.2) is 71.2 Å². The lowest BCUT2D eigenvalue weighted by Gasteiger charge is -2.36. The normalized spacial score (nSPS) is 15.2. The Morgan fingerprint density at radius 1 is 0.643 bits per heavy atom. The highest BCUT2D eigenvalue weighted by atomic mass is 79.9. The molecule has 0 spiro atoms. The van der Waals surface area contributed by atoms with E-state index in [1.54, 1.807) is 0 Å². The van der Waals surface area contributed by atoms with Gasteiger partial charge in [0, 0.05) is 36.8 Å². The van der Waals surface area contributed by atoms with Crippen LogP contribution < -0.4 is 0 Å². The van der Waals surface area contributed by atoms with E-state index in [9.17, 15) is 0 Å². The molecule has 0 N–H and O–H groups in total. The van der Waals surface area contributed by atoms with Gasteiger partial charge in [0.05, 0.1) is 22.1 Å². The minimum absolute atomic E-state index is 0.210. The summed E-state index contributed by atoms with van der Waals surface area (Å²) < 4.78 is 6.26. The molecule has 0 amide bonds. The Morgan fingerprint density at radius 3 is 1.86 bits per heavy atom. The van der Waals surface area contributed by atoms with Crippen molar-refractivity contribution in [2.45, 2.75) is 19.5 Å². The van der Waals surface area contributed by atoms with Crippen molar-refractivity contribution in [3.05, 3.63) is 71.2 Å². The summed E-state index contributed by atoms with van der Waals surface area (Å²) in [5, 5.41) is 7.95. The largest absolute Gasteiger partial charge is 0.316 e. The van der Waals surface area contributed by atoms with Crippen LogP contribution in [0.25, 0.3) is 54.4 Å². The summed E-state index contributed by atoms with van der Waals surface area (Å²) in [6.07, 6.45) is 0. The first-order chi connectivity index (χ1) is 13.6. The van der Waals surface area contributed by atoms with Gasteiger partial charge in [-0.3, -0.25) is 0 Å². The molecule has 4 aromatic carbocycles. The number of rotatable bonds is 0. The summed E-state index contributed by atoms with van der Waals surface area (Å²) in [6, 6.07) is 24.5. The zero-order valence-corrected chi connectivity index (χ0v) is 17.2. The Morgan fingerprint density at radius 2 is 1.18 bits per heavy atom. The first-order valence-corrected chi connectivity index (χ1v) is 10.5. The lowest BCUT2D eigenvalue weighted by molar-refractivity contribution is 0.328. The molecule has 0 saturated heterocycles. The number of para-hydroxylation sites is 2. The van der Waals surface area contributed by atoms with Crippen molar-refractivity contribution < 1.29 is 0 Å². The first-order valence-electron chi connectivity index (χ1n) is 9.67. The van der Waals surface area contributed by atoms with Crippen molar-refractivity contribution >= 4 is 70.3 Å². The van der Waals surface area contributed by atoms with Gasteiger partial charge in [-0.1, -0.05) is 64.5 Å². The number of nitrogens with zero attached hydrogens (tertiary/aromatic N) is 2. The molecule has 134 valence electrons. The zero-order chi connectivity index (χ0) is 18.8. The molecule has 0 saturated carbocycles. The number of benzene rings is 4. The summed E-state index contributed by atoms with van der Waals surface area (Å²) in [7, 11) is 0. The molecule has 2 nitrogen and oxygen atoms in total. The molecule has 3 heterocycles. The smallest absolute Gasteiger partial charge is 0.116 e. The van der Waals surface area contributed by atoms with Gasteiger partial charge in [-0.25, -0.2) is 0 Å². The standard InChI is InChI=1S/C25H17BrN2/c1-25(2)27-20-9-5-3-7-14(20)16-11-12-17-19(26)13-18-15-8-4-6-10-21(15)28(25)24(18)22(17)23(16)27/h3-13H,1-2H3. The van der Waals surface area contributed by atoms with E-state index in [1.807, 2.05) is 0 Å². The number of hydrogen-bond donors (Lipinski definition) is 0. The van der Waals surface area contributed by atoms with Gasteiger partial charge >= 0.3 is 0 Å². The van der Waals surface area contributed by atoms with Crippen molar-refractivity contribution in [1.29, 1.82) is 0 Å². The van der Waals surface area contributed by atoms with Crippen LogP contribution in [0.1, 0.15) is 13.8 Å².